The van der Waals surface area contributed by atoms with E-state index in [0.717, 1.165) is 94.2 Å². The number of furan rings is 2. The van der Waals surface area contributed by atoms with Crippen molar-refractivity contribution in [3.63, 3.8) is 0 Å². The molecule has 0 aliphatic carbocycles. The second-order valence-electron chi connectivity index (χ2n) is 23.4. The molecule has 0 amide bonds. The Bertz CT molecular complexity index is 6260. The molecule has 0 atom stereocenters. The molecule has 2 aromatic heterocycles. The largest absolute Gasteiger partial charge is 0.455 e. The van der Waals surface area contributed by atoms with Crippen molar-refractivity contribution >= 4 is 110 Å². The third-order valence-corrected chi connectivity index (χ3v) is 18.0. The highest BCUT2D eigenvalue weighted by molar-refractivity contribution is 9.10. The number of para-hydroxylation sites is 5. The molecule has 0 saturated carbocycles. The van der Waals surface area contributed by atoms with E-state index in [1.165, 1.54) is 49.4 Å². The molecule has 18 aromatic rings. The van der Waals surface area contributed by atoms with Gasteiger partial charge in [0, 0.05) is 65.6 Å². The summed E-state index contributed by atoms with van der Waals surface area (Å²) in [5, 5.41) is 12.9. The Morgan fingerprint density at radius 3 is 1.02 bits per heavy atom. The van der Waals surface area contributed by atoms with Gasteiger partial charge in [-0.15, -0.1) is 0 Å². The lowest BCUT2D eigenvalue weighted by molar-refractivity contribution is 0.669. The fourth-order valence-corrected chi connectivity index (χ4v) is 13.0. The number of hydrogen-bond acceptors (Lipinski definition) is 4. The van der Waals surface area contributed by atoms with Gasteiger partial charge in [0.05, 0.1) is 13.7 Å². The standard InChI is InChI=1S/C46H31NO.C40H27NO.C6H5Br/c1-2-12-37(13-3-1)47(39-30-26-36(27-31-39)42-17-9-18-44-43-15-6-7-19-45(43)48-46(42)44)38-28-24-33(25-29-38)32-20-22-35(23-21-32)41-16-8-11-34-10-4-5-14-40(34)41;1-2-9-34-29(7-1)8-5-11-35(34)30-17-15-27(16-18-30)28-19-23-32(24-20-28)41-33-25-21-31(22-26-33)36-12-6-13-38-37-10-3-4-14-39(37)42-40(36)38;7-6-4-2-1-3-5-6/h1-31H;1-26,41H;1-5H/i1D,2D,3D,12D,13D;;1D,2D,3D,4D,5D. The zero-order valence-corrected chi connectivity index (χ0v) is 53.7. The molecular weight excluding hydrogens is 1240 g/mol. The lowest BCUT2D eigenvalue weighted by Gasteiger charge is -2.26. The van der Waals surface area contributed by atoms with Crippen LogP contribution in [-0.4, -0.2) is 0 Å². The predicted octanol–water partition coefficient (Wildman–Crippen LogP) is 27.1. The number of hydrogen-bond donors (Lipinski definition) is 1. The Hall–Kier alpha value is -12.3. The van der Waals surface area contributed by atoms with Gasteiger partial charge in [-0.25, -0.2) is 0 Å². The number of benzene rings is 16. The number of rotatable bonds is 11. The van der Waals surface area contributed by atoms with Crippen molar-refractivity contribution in [2.45, 2.75) is 0 Å². The highest BCUT2D eigenvalue weighted by Gasteiger charge is 2.17. The SMILES string of the molecule is [2H]c1c([2H])c([2H])c(Br)c([2H])c1[2H].[2H]c1c([2H])c([2H])c(N(c2ccc(-c3ccc(-c4cccc5ccccc45)cc3)cc2)c2ccc(-c3cccc4c3oc3ccccc34)cc2)c([2H])c1[2H].c1ccc2c(-c3ccc(-c4ccc(Nc5ccc(-c6cccc7c6oc6ccccc67)cc5)cc4)cc3)cccc2c1. The molecule has 16 aromatic carbocycles. The zero-order chi connectivity index (χ0) is 73.6. The number of nitrogens with zero attached hydrogens (tertiary/aromatic N) is 1. The van der Waals surface area contributed by atoms with E-state index < -0.39 is 6.04 Å². The van der Waals surface area contributed by atoms with Crippen LogP contribution in [0.3, 0.4) is 0 Å². The Balaban J connectivity index is 0.000000144. The van der Waals surface area contributed by atoms with Crippen molar-refractivity contribution in [3.05, 3.63) is 380 Å². The third-order valence-electron chi connectivity index (χ3n) is 17.6. The van der Waals surface area contributed by atoms with Crippen LogP contribution in [0.15, 0.2) is 389 Å². The van der Waals surface area contributed by atoms with E-state index >= 15 is 0 Å². The van der Waals surface area contributed by atoms with Gasteiger partial charge in [0.2, 0.25) is 0 Å². The van der Waals surface area contributed by atoms with Crippen molar-refractivity contribution in [2.75, 3.05) is 10.2 Å². The molecule has 1 N–H and O–H groups in total. The first-order valence-electron chi connectivity index (χ1n) is 36.9. The molecule has 460 valence electrons. The van der Waals surface area contributed by atoms with Gasteiger partial charge in [0.1, 0.15) is 22.3 Å². The number of halogens is 1. The summed E-state index contributed by atoms with van der Waals surface area (Å²) in [6, 6.07) is 105. The van der Waals surface area contributed by atoms with E-state index in [1.54, 1.807) is 4.90 Å². The van der Waals surface area contributed by atoms with Crippen LogP contribution >= 0.6 is 15.9 Å². The molecule has 2 heterocycles. The van der Waals surface area contributed by atoms with Gasteiger partial charge >= 0.3 is 0 Å². The summed E-state index contributed by atoms with van der Waals surface area (Å²) in [7, 11) is 0. The molecule has 0 saturated heterocycles. The van der Waals surface area contributed by atoms with Crippen LogP contribution in [0.2, 0.25) is 0 Å². The minimum atomic E-state index is -0.430. The zero-order valence-electron chi connectivity index (χ0n) is 62.2. The van der Waals surface area contributed by atoms with Crippen LogP contribution < -0.4 is 10.2 Å². The smallest absolute Gasteiger partial charge is 0.143 e. The molecule has 97 heavy (non-hydrogen) atoms. The molecule has 0 aliphatic rings. The van der Waals surface area contributed by atoms with Gasteiger partial charge in [0.25, 0.3) is 0 Å². The number of fused-ring (bicyclic) bond motifs is 8. The maximum atomic E-state index is 8.88. The Morgan fingerprint density at radius 2 is 0.567 bits per heavy atom. The maximum Gasteiger partial charge on any atom is 0.143 e. The Kier molecular flexibility index (Phi) is 13.7. The topological polar surface area (TPSA) is 41.6 Å². The summed E-state index contributed by atoms with van der Waals surface area (Å²) in [4.78, 5) is 1.74. The van der Waals surface area contributed by atoms with Gasteiger partial charge in [-0.1, -0.05) is 307 Å². The average Bonchev–Trinajstić information content (AvgIpc) is 1.68. The first-order chi connectivity index (χ1) is 52.1. The molecule has 0 aliphatic heterocycles. The number of anilines is 5. The molecule has 0 bridgehead atoms. The second kappa shape index (κ2) is 27.0. The van der Waals surface area contributed by atoms with Crippen LogP contribution in [0.5, 0.6) is 0 Å². The van der Waals surface area contributed by atoms with Crippen molar-refractivity contribution in [2.24, 2.45) is 0 Å². The Morgan fingerprint density at radius 1 is 0.258 bits per heavy atom. The molecule has 0 unspecified atom stereocenters. The quantitative estimate of drug-likeness (QED) is 0.140. The lowest BCUT2D eigenvalue weighted by atomic mass is 9.96. The summed E-state index contributed by atoms with van der Waals surface area (Å²) in [5.41, 5.74) is 20.3. The molecule has 0 fully saturated rings. The summed E-state index contributed by atoms with van der Waals surface area (Å²) in [5.74, 6) is 0. The van der Waals surface area contributed by atoms with Crippen molar-refractivity contribution in [3.8, 4) is 66.8 Å². The first kappa shape index (κ1) is 49.3. The minimum Gasteiger partial charge on any atom is -0.455 e. The highest BCUT2D eigenvalue weighted by Crippen LogP contribution is 2.42. The molecule has 4 nitrogen and oxygen atoms in total. The average molecular weight is 1320 g/mol. The van der Waals surface area contributed by atoms with E-state index in [0.29, 0.717) is 11.4 Å². The van der Waals surface area contributed by atoms with Crippen LogP contribution in [-0.2, 0) is 0 Å². The van der Waals surface area contributed by atoms with E-state index in [9.17, 15) is 0 Å². The van der Waals surface area contributed by atoms with Gasteiger partial charge in [-0.05, 0) is 162 Å². The van der Waals surface area contributed by atoms with Crippen molar-refractivity contribution in [1.29, 1.82) is 0 Å². The van der Waals surface area contributed by atoms with Crippen molar-refractivity contribution in [1.82, 2.24) is 0 Å². The molecule has 0 spiro atoms. The monoisotopic (exact) mass is 1320 g/mol. The minimum absolute atomic E-state index is 0.0790. The molecule has 0 radical (unpaired) electrons. The summed E-state index contributed by atoms with van der Waals surface area (Å²) in [6.45, 7) is 0. The van der Waals surface area contributed by atoms with Crippen LogP contribution in [0.1, 0.15) is 13.7 Å². The van der Waals surface area contributed by atoms with Crippen molar-refractivity contribution < 1.29 is 22.5 Å². The molecule has 5 heteroatoms. The molecule has 18 rings (SSSR count). The summed E-state index contributed by atoms with van der Waals surface area (Å²) in [6.07, 6.45) is 0. The van der Waals surface area contributed by atoms with Gasteiger partial charge < -0.3 is 19.1 Å². The normalized spacial score (nSPS) is 12.6. The molecular formula is C92H63BrN2O2. The maximum absolute atomic E-state index is 8.88. The van der Waals surface area contributed by atoms with Gasteiger partial charge in [-0.3, -0.25) is 0 Å². The van der Waals surface area contributed by atoms with Gasteiger partial charge in [-0.2, -0.15) is 0 Å². The third kappa shape index (κ3) is 12.5. The number of nitrogens with one attached hydrogen (secondary N) is 1. The summed E-state index contributed by atoms with van der Waals surface area (Å²) >= 11 is 2.92. The fraction of sp³-hybridized carbons (Fsp3) is 0. The van der Waals surface area contributed by atoms with E-state index in [1.807, 2.05) is 91.0 Å². The van der Waals surface area contributed by atoms with E-state index in [-0.39, 0.29) is 64.5 Å². The lowest BCUT2D eigenvalue weighted by Crippen LogP contribution is -2.09. The summed E-state index contributed by atoms with van der Waals surface area (Å²) < 4.78 is 91.7. The second-order valence-corrected chi connectivity index (χ2v) is 24.2. The Labute approximate surface area is 586 Å². The van der Waals surface area contributed by atoms with Crippen LogP contribution in [0.25, 0.3) is 132 Å². The van der Waals surface area contributed by atoms with E-state index in [4.69, 9.17) is 22.5 Å². The fourth-order valence-electron chi connectivity index (χ4n) is 12.8. The van der Waals surface area contributed by atoms with Crippen LogP contribution in [0.4, 0.5) is 28.4 Å². The highest BCUT2D eigenvalue weighted by atomic mass is 79.9. The predicted molar refractivity (Wildman–Crippen MR) is 414 cm³/mol. The van der Waals surface area contributed by atoms with E-state index in [2.05, 4.69) is 246 Å². The van der Waals surface area contributed by atoms with Crippen LogP contribution in [0, 0.1) is 0 Å². The first-order valence-corrected chi connectivity index (χ1v) is 32.7. The van der Waals surface area contributed by atoms with Gasteiger partial charge in [0.15, 0.2) is 0 Å².